The molecule has 0 unspecified atom stereocenters. The summed E-state index contributed by atoms with van der Waals surface area (Å²) in [5, 5.41) is 2.58. The van der Waals surface area contributed by atoms with Crippen LogP contribution in [0, 0.1) is 0 Å². The van der Waals surface area contributed by atoms with Gasteiger partial charge in [0, 0.05) is 33.3 Å². The Morgan fingerprint density at radius 1 is 1.32 bits per heavy atom. The average Bonchev–Trinajstić information content (AvgIpc) is 2.87. The molecule has 0 aliphatic heterocycles. The van der Waals surface area contributed by atoms with E-state index >= 15 is 0 Å². The number of fused-ring (bicyclic) bond motifs is 1. The second-order valence-electron chi connectivity index (χ2n) is 3.88. The SMILES string of the molecule is O=c1cc(CSc2ccc(Cl)cc2)nc2sccn12. The van der Waals surface area contributed by atoms with Gasteiger partial charge in [0.25, 0.3) is 5.56 Å². The Morgan fingerprint density at radius 3 is 2.89 bits per heavy atom. The second kappa shape index (κ2) is 5.36. The summed E-state index contributed by atoms with van der Waals surface area (Å²) in [6, 6.07) is 9.22. The van der Waals surface area contributed by atoms with Crippen LogP contribution in [0.1, 0.15) is 5.69 Å². The Labute approximate surface area is 122 Å². The Kier molecular flexibility index (Phi) is 3.59. The van der Waals surface area contributed by atoms with Crippen LogP contribution in [0.25, 0.3) is 4.96 Å². The molecule has 0 aliphatic carbocycles. The summed E-state index contributed by atoms with van der Waals surface area (Å²) in [6.45, 7) is 0. The number of halogens is 1. The van der Waals surface area contributed by atoms with Crippen molar-refractivity contribution in [2.45, 2.75) is 10.6 Å². The Morgan fingerprint density at radius 2 is 2.11 bits per heavy atom. The molecule has 2 aromatic heterocycles. The van der Waals surface area contributed by atoms with Crippen LogP contribution in [0.2, 0.25) is 5.02 Å². The zero-order valence-electron chi connectivity index (χ0n) is 9.75. The van der Waals surface area contributed by atoms with Crippen LogP contribution >= 0.6 is 34.7 Å². The smallest absolute Gasteiger partial charge is 0.258 e. The molecular weight excluding hydrogens is 300 g/mol. The highest BCUT2D eigenvalue weighted by Crippen LogP contribution is 2.23. The minimum Gasteiger partial charge on any atom is -0.269 e. The molecule has 2 heterocycles. The van der Waals surface area contributed by atoms with Crippen LogP contribution in [-0.4, -0.2) is 9.38 Å². The van der Waals surface area contributed by atoms with Crippen molar-refractivity contribution in [1.82, 2.24) is 9.38 Å². The number of benzene rings is 1. The van der Waals surface area contributed by atoms with Crippen LogP contribution in [0.15, 0.2) is 51.6 Å². The van der Waals surface area contributed by atoms with Gasteiger partial charge in [0.15, 0.2) is 4.96 Å². The summed E-state index contributed by atoms with van der Waals surface area (Å²) in [4.78, 5) is 18.1. The highest BCUT2D eigenvalue weighted by molar-refractivity contribution is 7.98. The zero-order valence-corrected chi connectivity index (χ0v) is 12.1. The first-order valence-electron chi connectivity index (χ1n) is 5.56. The van der Waals surface area contributed by atoms with Gasteiger partial charge in [-0.1, -0.05) is 11.6 Å². The van der Waals surface area contributed by atoms with Gasteiger partial charge in [-0.05, 0) is 24.3 Å². The number of thiazole rings is 1. The molecule has 0 atom stereocenters. The first-order valence-corrected chi connectivity index (χ1v) is 7.81. The molecule has 0 N–H and O–H groups in total. The van der Waals surface area contributed by atoms with E-state index in [0.717, 1.165) is 20.6 Å². The van der Waals surface area contributed by atoms with E-state index in [1.807, 2.05) is 29.6 Å². The van der Waals surface area contributed by atoms with Crippen molar-refractivity contribution in [1.29, 1.82) is 0 Å². The second-order valence-corrected chi connectivity index (χ2v) is 6.24. The van der Waals surface area contributed by atoms with Crippen molar-refractivity contribution in [3.8, 4) is 0 Å². The summed E-state index contributed by atoms with van der Waals surface area (Å²) < 4.78 is 1.56. The van der Waals surface area contributed by atoms with E-state index in [4.69, 9.17) is 11.6 Å². The normalized spacial score (nSPS) is 11.0. The molecule has 0 saturated heterocycles. The summed E-state index contributed by atoms with van der Waals surface area (Å²) in [5.41, 5.74) is 0.769. The van der Waals surface area contributed by atoms with Crippen LogP contribution in [-0.2, 0) is 5.75 Å². The van der Waals surface area contributed by atoms with Gasteiger partial charge in [-0.3, -0.25) is 9.20 Å². The van der Waals surface area contributed by atoms with Gasteiger partial charge in [0.1, 0.15) is 0 Å². The number of rotatable bonds is 3. The molecule has 0 aliphatic rings. The lowest BCUT2D eigenvalue weighted by Crippen LogP contribution is -2.12. The van der Waals surface area contributed by atoms with Crippen LogP contribution < -0.4 is 5.56 Å². The minimum atomic E-state index is -0.0297. The fourth-order valence-corrected chi connectivity index (χ4v) is 3.31. The highest BCUT2D eigenvalue weighted by atomic mass is 35.5. The molecule has 96 valence electrons. The molecule has 19 heavy (non-hydrogen) atoms. The molecule has 3 nitrogen and oxygen atoms in total. The molecule has 6 heteroatoms. The van der Waals surface area contributed by atoms with E-state index in [0.29, 0.717) is 5.75 Å². The summed E-state index contributed by atoms with van der Waals surface area (Å²) in [7, 11) is 0. The first kappa shape index (κ1) is 12.7. The fourth-order valence-electron chi connectivity index (χ4n) is 1.65. The van der Waals surface area contributed by atoms with Crippen LogP contribution in [0.3, 0.4) is 0 Å². The molecule has 0 amide bonds. The lowest BCUT2D eigenvalue weighted by atomic mass is 10.4. The van der Waals surface area contributed by atoms with E-state index in [2.05, 4.69) is 4.98 Å². The van der Waals surface area contributed by atoms with Crippen molar-refractivity contribution < 1.29 is 0 Å². The maximum Gasteiger partial charge on any atom is 0.258 e. The molecule has 3 rings (SSSR count). The van der Waals surface area contributed by atoms with E-state index in [9.17, 15) is 4.79 Å². The van der Waals surface area contributed by atoms with E-state index < -0.39 is 0 Å². The van der Waals surface area contributed by atoms with Crippen molar-refractivity contribution in [2.75, 3.05) is 0 Å². The van der Waals surface area contributed by atoms with Crippen molar-refractivity contribution >= 4 is 39.7 Å². The van der Waals surface area contributed by atoms with Gasteiger partial charge in [-0.25, -0.2) is 4.98 Å². The maximum absolute atomic E-state index is 11.8. The third-order valence-corrected chi connectivity index (χ3v) is 4.61. The standard InChI is InChI=1S/C13H9ClN2OS2/c14-9-1-3-11(4-2-9)19-8-10-7-12(17)16-5-6-18-13(16)15-10/h1-7H,8H2. The van der Waals surface area contributed by atoms with Crippen LogP contribution in [0.4, 0.5) is 0 Å². The van der Waals surface area contributed by atoms with E-state index in [1.165, 1.54) is 11.3 Å². The quantitative estimate of drug-likeness (QED) is 0.692. The zero-order chi connectivity index (χ0) is 13.2. The fraction of sp³-hybridized carbons (Fsp3) is 0.0769. The molecule has 0 saturated carbocycles. The summed E-state index contributed by atoms with van der Waals surface area (Å²) in [5.74, 6) is 0.672. The third kappa shape index (κ3) is 2.83. The van der Waals surface area contributed by atoms with Gasteiger partial charge in [0.05, 0.1) is 5.69 Å². The first-order chi connectivity index (χ1) is 9.22. The average molecular weight is 309 g/mol. The molecule has 0 radical (unpaired) electrons. The third-order valence-electron chi connectivity index (χ3n) is 2.56. The molecule has 0 spiro atoms. The van der Waals surface area contributed by atoms with Crippen molar-refractivity contribution in [3.05, 3.63) is 63.0 Å². The van der Waals surface area contributed by atoms with Gasteiger partial charge < -0.3 is 0 Å². The topological polar surface area (TPSA) is 34.4 Å². The number of aromatic nitrogens is 2. The van der Waals surface area contributed by atoms with Gasteiger partial charge in [-0.2, -0.15) is 0 Å². The molecule has 0 fully saturated rings. The molecule has 1 aromatic carbocycles. The van der Waals surface area contributed by atoms with E-state index in [-0.39, 0.29) is 5.56 Å². The Balaban J connectivity index is 1.81. The van der Waals surface area contributed by atoms with Gasteiger partial charge in [-0.15, -0.1) is 23.1 Å². The maximum atomic E-state index is 11.8. The molecule has 0 bridgehead atoms. The monoisotopic (exact) mass is 308 g/mol. The Bertz CT molecular complexity index is 764. The van der Waals surface area contributed by atoms with Gasteiger partial charge >= 0.3 is 0 Å². The number of hydrogen-bond acceptors (Lipinski definition) is 4. The van der Waals surface area contributed by atoms with Gasteiger partial charge in [0.2, 0.25) is 0 Å². The predicted octanol–water partition coefficient (Wildman–Crippen LogP) is 3.70. The number of hydrogen-bond donors (Lipinski definition) is 0. The lowest BCUT2D eigenvalue weighted by Gasteiger charge is -2.02. The molecule has 3 aromatic rings. The molecular formula is C13H9ClN2OS2. The van der Waals surface area contributed by atoms with Crippen molar-refractivity contribution in [2.24, 2.45) is 0 Å². The largest absolute Gasteiger partial charge is 0.269 e. The predicted molar refractivity (Wildman–Crippen MR) is 80.4 cm³/mol. The van der Waals surface area contributed by atoms with E-state index in [1.54, 1.807) is 28.4 Å². The Hall–Kier alpha value is -1.30. The summed E-state index contributed by atoms with van der Waals surface area (Å²) in [6.07, 6.45) is 1.74. The minimum absolute atomic E-state index is 0.0297. The summed E-state index contributed by atoms with van der Waals surface area (Å²) >= 11 is 8.94. The highest BCUT2D eigenvalue weighted by Gasteiger charge is 2.04. The van der Waals surface area contributed by atoms with Crippen LogP contribution in [0.5, 0.6) is 0 Å². The van der Waals surface area contributed by atoms with Crippen molar-refractivity contribution in [3.63, 3.8) is 0 Å². The lowest BCUT2D eigenvalue weighted by molar-refractivity contribution is 1.04. The number of nitrogens with zero attached hydrogens (tertiary/aromatic N) is 2. The number of thioether (sulfide) groups is 1.